The van der Waals surface area contributed by atoms with Crippen LogP contribution in [0.5, 0.6) is 11.5 Å². The van der Waals surface area contributed by atoms with Gasteiger partial charge in [0.15, 0.2) is 11.5 Å². The molecule has 3 heterocycles. The Bertz CT molecular complexity index is 1240. The molecular weight excluding hydrogens is 530 g/mol. The molecular formula is C34H47N3O5. The van der Waals surface area contributed by atoms with E-state index in [1.165, 1.54) is 5.56 Å². The molecule has 3 aliphatic heterocycles. The number of ether oxygens (including phenoxy) is 3. The highest BCUT2D eigenvalue weighted by Crippen LogP contribution is 2.44. The van der Waals surface area contributed by atoms with Crippen LogP contribution in [0.25, 0.3) is 0 Å². The van der Waals surface area contributed by atoms with E-state index in [2.05, 4.69) is 60.9 Å². The number of fused-ring (bicyclic) bond motifs is 1. The van der Waals surface area contributed by atoms with Crippen LogP contribution < -0.4 is 9.47 Å². The van der Waals surface area contributed by atoms with Crippen LogP contribution in [0.4, 0.5) is 4.79 Å². The molecule has 1 unspecified atom stereocenters. The first kappa shape index (κ1) is 30.2. The lowest BCUT2D eigenvalue weighted by Gasteiger charge is -2.50. The molecule has 0 radical (unpaired) electrons. The molecule has 2 saturated heterocycles. The van der Waals surface area contributed by atoms with Gasteiger partial charge in [0.1, 0.15) is 5.60 Å². The van der Waals surface area contributed by atoms with Crippen molar-refractivity contribution >= 4 is 12.0 Å². The fourth-order valence-corrected chi connectivity index (χ4v) is 6.48. The molecule has 2 fully saturated rings. The number of carbonyl (C=O) groups is 2. The number of piperidine rings is 1. The summed E-state index contributed by atoms with van der Waals surface area (Å²) in [4.78, 5) is 32.8. The Morgan fingerprint density at radius 3 is 2.29 bits per heavy atom. The lowest BCUT2D eigenvalue weighted by atomic mass is 9.82. The standard InChI is InChI=1S/C34H47N3O5/c1-33(2,3)28-22-36(30(25-11-8-7-9-12-25)26-13-10-14-27-31(26)41-23-40-27)19-20-37(28)29(38)21-24-15-17-35(18-16-24)32(39)42-34(4,5)6/h7-14,24,28,30H,15-23H2,1-6H3/t28-,30?/m1/s1. The second kappa shape index (κ2) is 12.2. The summed E-state index contributed by atoms with van der Waals surface area (Å²) in [7, 11) is 0. The van der Waals surface area contributed by atoms with Gasteiger partial charge in [-0.25, -0.2) is 4.79 Å². The van der Waals surface area contributed by atoms with Crippen molar-refractivity contribution in [2.24, 2.45) is 11.3 Å². The summed E-state index contributed by atoms with van der Waals surface area (Å²) in [5.74, 6) is 2.09. The molecule has 2 atom stereocenters. The number of hydrogen-bond donors (Lipinski definition) is 0. The second-order valence-corrected chi connectivity index (χ2v) is 14.0. The summed E-state index contributed by atoms with van der Waals surface area (Å²) in [6.45, 7) is 16.1. The molecule has 228 valence electrons. The van der Waals surface area contributed by atoms with Gasteiger partial charge in [-0.1, -0.05) is 63.2 Å². The van der Waals surface area contributed by atoms with E-state index >= 15 is 0 Å². The lowest BCUT2D eigenvalue weighted by molar-refractivity contribution is -0.141. The number of carbonyl (C=O) groups excluding carboxylic acids is 2. The smallest absolute Gasteiger partial charge is 0.410 e. The molecule has 0 saturated carbocycles. The Balaban J connectivity index is 1.30. The number of para-hydroxylation sites is 1. The summed E-state index contributed by atoms with van der Waals surface area (Å²) in [6, 6.07) is 16.7. The Kier molecular flexibility index (Phi) is 8.74. The van der Waals surface area contributed by atoms with Gasteiger partial charge in [-0.05, 0) is 56.6 Å². The van der Waals surface area contributed by atoms with Crippen LogP contribution in [0.3, 0.4) is 0 Å². The van der Waals surface area contributed by atoms with Crippen molar-refractivity contribution in [2.45, 2.75) is 78.5 Å². The first-order valence-electron chi connectivity index (χ1n) is 15.4. The maximum atomic E-state index is 13.9. The molecule has 0 aromatic heterocycles. The third-order valence-electron chi connectivity index (χ3n) is 8.66. The Hall–Kier alpha value is -3.26. The molecule has 0 spiro atoms. The van der Waals surface area contributed by atoms with E-state index in [4.69, 9.17) is 14.2 Å². The molecule has 8 heteroatoms. The highest BCUT2D eigenvalue weighted by molar-refractivity contribution is 5.77. The van der Waals surface area contributed by atoms with Crippen LogP contribution in [0, 0.1) is 11.3 Å². The predicted octanol–water partition coefficient (Wildman–Crippen LogP) is 6.10. The van der Waals surface area contributed by atoms with E-state index in [1.807, 2.05) is 39.0 Å². The minimum atomic E-state index is -0.505. The number of likely N-dealkylation sites (tertiary alicyclic amines) is 1. The second-order valence-electron chi connectivity index (χ2n) is 14.0. The van der Waals surface area contributed by atoms with Crippen molar-refractivity contribution in [3.05, 3.63) is 59.7 Å². The minimum Gasteiger partial charge on any atom is -0.454 e. The number of nitrogens with zero attached hydrogens (tertiary/aromatic N) is 3. The Labute approximate surface area is 250 Å². The quantitative estimate of drug-likeness (QED) is 0.428. The molecule has 2 aromatic carbocycles. The molecule has 5 rings (SSSR count). The fourth-order valence-electron chi connectivity index (χ4n) is 6.48. The summed E-state index contributed by atoms with van der Waals surface area (Å²) in [5, 5.41) is 0. The highest BCUT2D eigenvalue weighted by Gasteiger charge is 2.42. The molecule has 8 nitrogen and oxygen atoms in total. The van der Waals surface area contributed by atoms with Gasteiger partial charge in [-0.15, -0.1) is 0 Å². The number of rotatable bonds is 5. The van der Waals surface area contributed by atoms with Gasteiger partial charge >= 0.3 is 6.09 Å². The topological polar surface area (TPSA) is 71.6 Å². The van der Waals surface area contributed by atoms with E-state index in [-0.39, 0.29) is 42.2 Å². The highest BCUT2D eigenvalue weighted by atomic mass is 16.7. The predicted molar refractivity (Wildman–Crippen MR) is 163 cm³/mol. The minimum absolute atomic E-state index is 0.0119. The monoisotopic (exact) mass is 577 g/mol. The zero-order valence-corrected chi connectivity index (χ0v) is 26.1. The van der Waals surface area contributed by atoms with Crippen molar-refractivity contribution in [1.82, 2.24) is 14.7 Å². The van der Waals surface area contributed by atoms with Crippen molar-refractivity contribution in [3.63, 3.8) is 0 Å². The van der Waals surface area contributed by atoms with Crippen molar-refractivity contribution < 1.29 is 23.8 Å². The van der Waals surface area contributed by atoms with Gasteiger partial charge in [0, 0.05) is 50.7 Å². The molecule has 0 N–H and O–H groups in total. The summed E-state index contributed by atoms with van der Waals surface area (Å²) in [5.41, 5.74) is 1.69. The third kappa shape index (κ3) is 6.86. The first-order chi connectivity index (χ1) is 19.9. The Morgan fingerprint density at radius 1 is 0.905 bits per heavy atom. The van der Waals surface area contributed by atoms with Crippen molar-refractivity contribution in [3.8, 4) is 11.5 Å². The van der Waals surface area contributed by atoms with Crippen LogP contribution in [0.15, 0.2) is 48.5 Å². The molecule has 2 aromatic rings. The lowest BCUT2D eigenvalue weighted by Crippen LogP contribution is -2.60. The maximum absolute atomic E-state index is 13.9. The van der Waals surface area contributed by atoms with Gasteiger partial charge in [0.05, 0.1) is 6.04 Å². The summed E-state index contributed by atoms with van der Waals surface area (Å²) < 4.78 is 17.2. The fraction of sp³-hybridized carbons (Fsp3) is 0.588. The zero-order chi connectivity index (χ0) is 30.1. The molecule has 2 amide bonds. The molecule has 42 heavy (non-hydrogen) atoms. The van der Waals surface area contributed by atoms with Gasteiger partial charge in [-0.3, -0.25) is 9.69 Å². The van der Waals surface area contributed by atoms with Crippen LogP contribution >= 0.6 is 0 Å². The van der Waals surface area contributed by atoms with Gasteiger partial charge in [-0.2, -0.15) is 0 Å². The van der Waals surface area contributed by atoms with E-state index in [0.717, 1.165) is 43.0 Å². The van der Waals surface area contributed by atoms with Crippen LogP contribution in [0.1, 0.15) is 78.0 Å². The summed E-state index contributed by atoms with van der Waals surface area (Å²) in [6.07, 6.45) is 1.91. The largest absolute Gasteiger partial charge is 0.454 e. The van der Waals surface area contributed by atoms with Crippen LogP contribution in [-0.2, 0) is 9.53 Å². The van der Waals surface area contributed by atoms with E-state index in [1.54, 1.807) is 4.90 Å². The number of amides is 2. The van der Waals surface area contributed by atoms with Gasteiger partial charge in [0.2, 0.25) is 12.7 Å². The van der Waals surface area contributed by atoms with Gasteiger partial charge in [0.25, 0.3) is 0 Å². The van der Waals surface area contributed by atoms with E-state index in [0.29, 0.717) is 26.1 Å². The Morgan fingerprint density at radius 2 is 1.62 bits per heavy atom. The first-order valence-corrected chi connectivity index (χ1v) is 15.4. The van der Waals surface area contributed by atoms with Crippen molar-refractivity contribution in [2.75, 3.05) is 39.5 Å². The molecule has 0 aliphatic carbocycles. The van der Waals surface area contributed by atoms with Gasteiger partial charge < -0.3 is 24.0 Å². The third-order valence-corrected chi connectivity index (χ3v) is 8.66. The number of piperazine rings is 1. The maximum Gasteiger partial charge on any atom is 0.410 e. The normalized spacial score (nSPS) is 20.9. The van der Waals surface area contributed by atoms with Crippen LogP contribution in [0.2, 0.25) is 0 Å². The van der Waals surface area contributed by atoms with Crippen molar-refractivity contribution in [1.29, 1.82) is 0 Å². The SMILES string of the molecule is CC(C)(C)OC(=O)N1CCC(CC(=O)N2CCN(C(c3ccccc3)c3cccc4c3OCO4)C[C@@H]2C(C)(C)C)CC1. The van der Waals surface area contributed by atoms with E-state index < -0.39 is 5.60 Å². The zero-order valence-electron chi connectivity index (χ0n) is 26.1. The molecule has 3 aliphatic rings. The van der Waals surface area contributed by atoms with Crippen LogP contribution in [-0.4, -0.2) is 77.9 Å². The average Bonchev–Trinajstić information content (AvgIpc) is 3.43. The number of benzene rings is 2. The number of hydrogen-bond acceptors (Lipinski definition) is 6. The van der Waals surface area contributed by atoms with E-state index in [9.17, 15) is 9.59 Å². The summed E-state index contributed by atoms with van der Waals surface area (Å²) >= 11 is 0. The average molecular weight is 578 g/mol. The molecule has 0 bridgehead atoms.